The van der Waals surface area contributed by atoms with Crippen LogP contribution < -0.4 is 10.1 Å². The van der Waals surface area contributed by atoms with Crippen LogP contribution in [0, 0.1) is 0 Å². The van der Waals surface area contributed by atoms with Crippen LogP contribution in [0.25, 0.3) is 0 Å². The first-order chi connectivity index (χ1) is 9.27. The summed E-state index contributed by atoms with van der Waals surface area (Å²) in [4.78, 5) is 0. The minimum Gasteiger partial charge on any atom is -0.490 e. The number of hydrogen-bond acceptors (Lipinski definition) is 2. The molecule has 19 heavy (non-hydrogen) atoms. The molecular formula is C15H21Br2NO. The summed E-state index contributed by atoms with van der Waals surface area (Å²) in [5.41, 5.74) is 0. The zero-order valence-electron chi connectivity index (χ0n) is 11.1. The first-order valence-corrected chi connectivity index (χ1v) is 8.66. The van der Waals surface area contributed by atoms with Crippen LogP contribution in [0.3, 0.4) is 0 Å². The summed E-state index contributed by atoms with van der Waals surface area (Å²) < 4.78 is 7.83. The molecule has 1 saturated carbocycles. The van der Waals surface area contributed by atoms with Gasteiger partial charge in [-0.15, -0.1) is 0 Å². The fourth-order valence-corrected chi connectivity index (χ4v) is 3.75. The Morgan fingerprint density at radius 3 is 2.32 bits per heavy atom. The maximum atomic E-state index is 5.83. The van der Waals surface area contributed by atoms with E-state index < -0.39 is 0 Å². The van der Waals surface area contributed by atoms with Crippen molar-refractivity contribution in [1.82, 2.24) is 5.32 Å². The molecule has 0 heterocycles. The van der Waals surface area contributed by atoms with Crippen molar-refractivity contribution >= 4 is 31.9 Å². The molecule has 1 fully saturated rings. The van der Waals surface area contributed by atoms with E-state index >= 15 is 0 Å². The second-order valence-corrected chi connectivity index (χ2v) is 6.75. The van der Waals surface area contributed by atoms with Gasteiger partial charge in [0.1, 0.15) is 12.4 Å². The van der Waals surface area contributed by atoms with Crippen LogP contribution in [0.1, 0.15) is 38.5 Å². The van der Waals surface area contributed by atoms with Gasteiger partial charge in [-0.3, -0.25) is 0 Å². The fraction of sp³-hybridized carbons (Fsp3) is 0.600. The van der Waals surface area contributed by atoms with Crippen molar-refractivity contribution in [3.63, 3.8) is 0 Å². The highest BCUT2D eigenvalue weighted by Crippen LogP contribution is 2.32. The number of rotatable bonds is 5. The van der Waals surface area contributed by atoms with Crippen molar-refractivity contribution in [2.75, 3.05) is 13.2 Å². The second kappa shape index (κ2) is 8.28. The molecule has 2 nitrogen and oxygen atoms in total. The first kappa shape index (κ1) is 15.3. The highest BCUT2D eigenvalue weighted by Gasteiger charge is 2.11. The van der Waals surface area contributed by atoms with Crippen molar-refractivity contribution < 1.29 is 4.74 Å². The van der Waals surface area contributed by atoms with Crippen molar-refractivity contribution in [2.45, 2.75) is 44.6 Å². The van der Waals surface area contributed by atoms with Crippen LogP contribution in [0.4, 0.5) is 0 Å². The van der Waals surface area contributed by atoms with E-state index in [9.17, 15) is 0 Å². The Bertz CT molecular complexity index is 369. The third-order valence-corrected chi connectivity index (χ3v) is 4.80. The zero-order chi connectivity index (χ0) is 13.5. The molecule has 0 atom stereocenters. The minimum atomic E-state index is 0.689. The number of para-hydroxylation sites is 1. The Morgan fingerprint density at radius 2 is 1.68 bits per heavy atom. The molecule has 1 N–H and O–H groups in total. The summed E-state index contributed by atoms with van der Waals surface area (Å²) in [6.07, 6.45) is 8.18. The van der Waals surface area contributed by atoms with Gasteiger partial charge in [0, 0.05) is 12.6 Å². The molecule has 0 radical (unpaired) electrons. The molecule has 1 aliphatic carbocycles. The number of nitrogens with one attached hydrogen (secondary N) is 1. The molecule has 1 aliphatic rings. The lowest BCUT2D eigenvalue weighted by molar-refractivity contribution is 0.297. The van der Waals surface area contributed by atoms with Crippen molar-refractivity contribution in [1.29, 1.82) is 0 Å². The number of hydrogen-bond donors (Lipinski definition) is 1. The van der Waals surface area contributed by atoms with Crippen LogP contribution in [0.15, 0.2) is 27.1 Å². The highest BCUT2D eigenvalue weighted by atomic mass is 79.9. The summed E-state index contributed by atoms with van der Waals surface area (Å²) >= 11 is 7.02. The fourth-order valence-electron chi connectivity index (χ4n) is 2.52. The normalized spacial score (nSPS) is 17.2. The van der Waals surface area contributed by atoms with E-state index in [4.69, 9.17) is 4.74 Å². The highest BCUT2D eigenvalue weighted by molar-refractivity contribution is 9.11. The zero-order valence-corrected chi connectivity index (χ0v) is 14.3. The van der Waals surface area contributed by atoms with Crippen LogP contribution >= 0.6 is 31.9 Å². The SMILES string of the molecule is Brc1cccc(Br)c1OCCNC1CCCCCC1. The van der Waals surface area contributed by atoms with Crippen molar-refractivity contribution in [2.24, 2.45) is 0 Å². The molecule has 0 bridgehead atoms. The van der Waals surface area contributed by atoms with E-state index in [1.54, 1.807) is 0 Å². The molecule has 0 saturated heterocycles. The Labute approximate surface area is 132 Å². The van der Waals surface area contributed by atoms with E-state index in [1.165, 1.54) is 38.5 Å². The first-order valence-electron chi connectivity index (χ1n) is 7.07. The molecule has 2 rings (SSSR count). The van der Waals surface area contributed by atoms with Crippen LogP contribution in [-0.4, -0.2) is 19.2 Å². The number of benzene rings is 1. The summed E-state index contributed by atoms with van der Waals surface area (Å²) in [5, 5.41) is 3.62. The van der Waals surface area contributed by atoms with Gasteiger partial charge in [-0.25, -0.2) is 0 Å². The van der Waals surface area contributed by atoms with Gasteiger partial charge in [0.15, 0.2) is 0 Å². The van der Waals surface area contributed by atoms with Gasteiger partial charge in [0.2, 0.25) is 0 Å². The topological polar surface area (TPSA) is 21.3 Å². The summed E-state index contributed by atoms with van der Waals surface area (Å²) in [6.45, 7) is 1.62. The molecule has 1 aromatic rings. The third kappa shape index (κ3) is 5.09. The van der Waals surface area contributed by atoms with Gasteiger partial charge in [0.25, 0.3) is 0 Å². The molecule has 1 aromatic carbocycles. The van der Waals surface area contributed by atoms with Crippen LogP contribution in [0.2, 0.25) is 0 Å². The lowest BCUT2D eigenvalue weighted by atomic mass is 10.1. The predicted molar refractivity (Wildman–Crippen MR) is 86.8 cm³/mol. The molecule has 0 aliphatic heterocycles. The second-order valence-electron chi connectivity index (χ2n) is 5.04. The van der Waals surface area contributed by atoms with Crippen LogP contribution in [0.5, 0.6) is 5.75 Å². The Balaban J connectivity index is 1.71. The largest absolute Gasteiger partial charge is 0.490 e. The predicted octanol–water partition coefficient (Wildman–Crippen LogP) is 4.90. The van der Waals surface area contributed by atoms with Gasteiger partial charge < -0.3 is 10.1 Å². The van der Waals surface area contributed by atoms with Gasteiger partial charge in [0.05, 0.1) is 8.95 Å². The van der Waals surface area contributed by atoms with E-state index in [1.807, 2.05) is 18.2 Å². The van der Waals surface area contributed by atoms with Gasteiger partial charge in [-0.1, -0.05) is 31.7 Å². The van der Waals surface area contributed by atoms with E-state index in [0.29, 0.717) is 12.6 Å². The van der Waals surface area contributed by atoms with Gasteiger partial charge >= 0.3 is 0 Å². The summed E-state index contributed by atoms with van der Waals surface area (Å²) in [6, 6.07) is 6.68. The molecule has 0 unspecified atom stereocenters. The van der Waals surface area contributed by atoms with Gasteiger partial charge in [-0.2, -0.15) is 0 Å². The summed E-state index contributed by atoms with van der Waals surface area (Å²) in [7, 11) is 0. The standard InChI is InChI=1S/C15H21Br2NO/c16-13-8-5-9-14(17)15(13)19-11-10-18-12-6-3-1-2-4-7-12/h5,8-9,12,18H,1-4,6-7,10-11H2. The maximum Gasteiger partial charge on any atom is 0.147 e. The smallest absolute Gasteiger partial charge is 0.147 e. The Morgan fingerprint density at radius 1 is 1.05 bits per heavy atom. The molecule has 0 spiro atoms. The lowest BCUT2D eigenvalue weighted by Crippen LogP contribution is -2.32. The van der Waals surface area contributed by atoms with E-state index in [2.05, 4.69) is 37.2 Å². The van der Waals surface area contributed by atoms with E-state index in [0.717, 1.165) is 21.2 Å². The molecule has 106 valence electrons. The van der Waals surface area contributed by atoms with Crippen LogP contribution in [-0.2, 0) is 0 Å². The quantitative estimate of drug-likeness (QED) is 0.570. The molecular weight excluding hydrogens is 370 g/mol. The molecule has 0 aromatic heterocycles. The molecule has 0 amide bonds. The monoisotopic (exact) mass is 389 g/mol. The number of ether oxygens (including phenoxy) is 1. The maximum absolute atomic E-state index is 5.83. The minimum absolute atomic E-state index is 0.689. The average Bonchev–Trinajstić information content (AvgIpc) is 2.66. The Kier molecular flexibility index (Phi) is 6.68. The average molecular weight is 391 g/mol. The van der Waals surface area contributed by atoms with E-state index in [-0.39, 0.29) is 0 Å². The van der Waals surface area contributed by atoms with Crippen molar-refractivity contribution in [3.05, 3.63) is 27.1 Å². The lowest BCUT2D eigenvalue weighted by Gasteiger charge is -2.17. The van der Waals surface area contributed by atoms with Gasteiger partial charge in [-0.05, 0) is 56.8 Å². The van der Waals surface area contributed by atoms with Crippen molar-refractivity contribution in [3.8, 4) is 5.75 Å². The molecule has 4 heteroatoms. The third-order valence-electron chi connectivity index (χ3n) is 3.56. The summed E-state index contributed by atoms with van der Waals surface area (Å²) in [5.74, 6) is 0.894. The Hall–Kier alpha value is -0.0600. The number of halogens is 2.